The molecular weight excluding hydrogens is 126 g/mol. The molecule has 0 aliphatic carbocycles. The highest BCUT2D eigenvalue weighted by molar-refractivity contribution is 7.86. The van der Waals surface area contributed by atoms with Gasteiger partial charge in [-0.15, -0.1) is 0 Å². The molecule has 0 fully saturated rings. The van der Waals surface area contributed by atoms with E-state index in [0.29, 0.717) is 0 Å². The van der Waals surface area contributed by atoms with E-state index in [4.69, 9.17) is 11.2 Å². The third kappa shape index (κ3) is 1.44. The molecule has 0 aromatic rings. The molecule has 2 heteroatoms. The summed E-state index contributed by atoms with van der Waals surface area (Å²) >= 11 is 5.80. The van der Waals surface area contributed by atoms with Crippen LogP contribution in [0.2, 0.25) is 0 Å². The zero-order valence-electron chi connectivity index (χ0n) is 4.32. The highest BCUT2D eigenvalue weighted by atomic mass is 35.7. The van der Waals surface area contributed by atoms with Crippen LogP contribution in [-0.4, -0.2) is 6.16 Å². The average Bonchev–Trinajstić information content (AvgIpc) is 1.87. The van der Waals surface area contributed by atoms with E-state index in [1.54, 1.807) is 0 Å². The predicted molar refractivity (Wildman–Crippen MR) is 36.0 cm³/mol. The van der Waals surface area contributed by atoms with Gasteiger partial charge in [-0.05, 0) is 25.3 Å². The van der Waals surface area contributed by atoms with Gasteiger partial charge < -0.3 is 0 Å². The van der Waals surface area contributed by atoms with E-state index in [1.165, 1.54) is 18.2 Å². The van der Waals surface area contributed by atoms with Gasteiger partial charge in [0.1, 0.15) is 0 Å². The maximum atomic E-state index is 5.80. The van der Waals surface area contributed by atoms with Crippen LogP contribution in [0.5, 0.6) is 0 Å². The summed E-state index contributed by atoms with van der Waals surface area (Å²) in [6, 6.07) is 0. The van der Waals surface area contributed by atoms with Gasteiger partial charge in [0.25, 0.3) is 0 Å². The molecule has 1 atom stereocenters. The lowest BCUT2D eigenvalue weighted by Gasteiger charge is -1.86. The van der Waals surface area contributed by atoms with Gasteiger partial charge in [0.2, 0.25) is 0 Å². The van der Waals surface area contributed by atoms with Crippen molar-refractivity contribution in [1.29, 1.82) is 0 Å². The summed E-state index contributed by atoms with van der Waals surface area (Å²) in [5.41, 5.74) is 1.47. The van der Waals surface area contributed by atoms with Gasteiger partial charge in [-0.3, -0.25) is 0 Å². The monoisotopic (exact) mass is 134 g/mol. The second-order valence-electron chi connectivity index (χ2n) is 1.85. The standard InChI is InChI=1S/C5H8ClP/c1-5-2-3-7(6)4-5/h4H,2-3H2,1H3. The van der Waals surface area contributed by atoms with Crippen LogP contribution in [0.3, 0.4) is 0 Å². The lowest BCUT2D eigenvalue weighted by atomic mass is 10.3. The lowest BCUT2D eigenvalue weighted by Crippen LogP contribution is -1.67. The molecule has 1 unspecified atom stereocenters. The van der Waals surface area contributed by atoms with Crippen LogP contribution in [0.4, 0.5) is 0 Å². The Labute approximate surface area is 50.1 Å². The Morgan fingerprint density at radius 3 is 2.71 bits per heavy atom. The molecular formula is C5H8ClP. The summed E-state index contributed by atoms with van der Waals surface area (Å²) in [7, 11) is -0.194. The average molecular weight is 135 g/mol. The molecule has 0 aromatic heterocycles. The van der Waals surface area contributed by atoms with E-state index in [9.17, 15) is 0 Å². The Morgan fingerprint density at radius 2 is 2.57 bits per heavy atom. The molecule has 0 amide bonds. The number of halogens is 1. The number of rotatable bonds is 0. The van der Waals surface area contributed by atoms with Crippen LogP contribution < -0.4 is 0 Å². The normalized spacial score (nSPS) is 30.6. The van der Waals surface area contributed by atoms with Gasteiger partial charge in [-0.1, -0.05) is 16.8 Å². The number of hydrogen-bond acceptors (Lipinski definition) is 0. The van der Waals surface area contributed by atoms with E-state index >= 15 is 0 Å². The molecule has 1 rings (SSSR count). The minimum absolute atomic E-state index is 0.194. The van der Waals surface area contributed by atoms with Crippen LogP contribution in [0.15, 0.2) is 11.4 Å². The van der Waals surface area contributed by atoms with Crippen LogP contribution in [0, 0.1) is 0 Å². The first-order valence-corrected chi connectivity index (χ1v) is 4.89. The van der Waals surface area contributed by atoms with Crippen molar-refractivity contribution in [2.24, 2.45) is 0 Å². The van der Waals surface area contributed by atoms with Crippen molar-refractivity contribution in [3.05, 3.63) is 11.4 Å². The number of allylic oxidation sites excluding steroid dienone is 1. The van der Waals surface area contributed by atoms with Crippen LogP contribution in [0.1, 0.15) is 13.3 Å². The second kappa shape index (κ2) is 2.15. The third-order valence-corrected chi connectivity index (χ3v) is 3.25. The quantitative estimate of drug-likeness (QED) is 0.447. The molecule has 0 spiro atoms. The van der Waals surface area contributed by atoms with Crippen molar-refractivity contribution in [1.82, 2.24) is 0 Å². The van der Waals surface area contributed by atoms with E-state index in [2.05, 4.69) is 12.7 Å². The molecule has 40 valence electrons. The van der Waals surface area contributed by atoms with Crippen molar-refractivity contribution in [3.63, 3.8) is 0 Å². The minimum Gasteiger partial charge on any atom is -0.0918 e. The summed E-state index contributed by atoms with van der Waals surface area (Å²) < 4.78 is 0. The molecule has 7 heavy (non-hydrogen) atoms. The topological polar surface area (TPSA) is 0 Å². The van der Waals surface area contributed by atoms with Crippen molar-refractivity contribution in [2.75, 3.05) is 6.16 Å². The molecule has 0 N–H and O–H groups in total. The van der Waals surface area contributed by atoms with Gasteiger partial charge in [-0.25, -0.2) is 0 Å². The zero-order chi connectivity index (χ0) is 5.28. The summed E-state index contributed by atoms with van der Waals surface area (Å²) in [5, 5.41) is 0. The zero-order valence-corrected chi connectivity index (χ0v) is 5.97. The summed E-state index contributed by atoms with van der Waals surface area (Å²) in [4.78, 5) is 0. The Balaban J connectivity index is 2.50. The molecule has 0 saturated carbocycles. The van der Waals surface area contributed by atoms with Gasteiger partial charge in [0, 0.05) is 7.27 Å². The Hall–Kier alpha value is 0.460. The van der Waals surface area contributed by atoms with E-state index in [0.717, 1.165) is 0 Å². The Kier molecular flexibility index (Phi) is 1.72. The fourth-order valence-corrected chi connectivity index (χ4v) is 2.71. The van der Waals surface area contributed by atoms with Crippen LogP contribution >= 0.6 is 18.5 Å². The maximum absolute atomic E-state index is 5.80. The summed E-state index contributed by atoms with van der Waals surface area (Å²) in [6.45, 7) is 2.14. The molecule has 1 heterocycles. The van der Waals surface area contributed by atoms with Gasteiger partial charge in [-0.2, -0.15) is 0 Å². The summed E-state index contributed by atoms with van der Waals surface area (Å²) in [5.74, 6) is 2.19. The van der Waals surface area contributed by atoms with Gasteiger partial charge in [0.15, 0.2) is 0 Å². The minimum atomic E-state index is -0.194. The molecule has 1 aliphatic heterocycles. The molecule has 0 nitrogen and oxygen atoms in total. The van der Waals surface area contributed by atoms with E-state index in [1.807, 2.05) is 0 Å². The molecule has 0 bridgehead atoms. The first kappa shape index (κ1) is 5.59. The molecule has 1 aliphatic rings. The molecule has 0 radical (unpaired) electrons. The SMILES string of the molecule is CC1=CP(Cl)CC1. The highest BCUT2D eigenvalue weighted by Gasteiger charge is 2.07. The fraction of sp³-hybridized carbons (Fsp3) is 0.600. The predicted octanol–water partition coefficient (Wildman–Crippen LogP) is 2.93. The highest BCUT2D eigenvalue weighted by Crippen LogP contribution is 2.49. The largest absolute Gasteiger partial charge is 0.0918 e. The van der Waals surface area contributed by atoms with Crippen LogP contribution in [-0.2, 0) is 0 Å². The lowest BCUT2D eigenvalue weighted by molar-refractivity contribution is 1.14. The smallest absolute Gasteiger partial charge is 0.0141 e. The maximum Gasteiger partial charge on any atom is 0.0141 e. The van der Waals surface area contributed by atoms with Gasteiger partial charge in [0.05, 0.1) is 0 Å². The van der Waals surface area contributed by atoms with E-state index in [-0.39, 0.29) is 7.27 Å². The van der Waals surface area contributed by atoms with Crippen molar-refractivity contribution >= 4 is 18.5 Å². The first-order chi connectivity index (χ1) is 3.29. The fourth-order valence-electron chi connectivity index (χ4n) is 0.651. The second-order valence-corrected chi connectivity index (χ2v) is 4.66. The third-order valence-electron chi connectivity index (χ3n) is 1.08. The van der Waals surface area contributed by atoms with Crippen LogP contribution in [0.25, 0.3) is 0 Å². The number of hydrogen-bond donors (Lipinski definition) is 0. The molecule has 0 aromatic carbocycles. The first-order valence-electron chi connectivity index (χ1n) is 2.39. The van der Waals surface area contributed by atoms with E-state index < -0.39 is 0 Å². The Bertz CT molecular complexity index is 98.3. The molecule has 0 saturated heterocycles. The van der Waals surface area contributed by atoms with Crippen molar-refractivity contribution in [2.45, 2.75) is 13.3 Å². The van der Waals surface area contributed by atoms with Crippen molar-refractivity contribution < 1.29 is 0 Å². The summed E-state index contributed by atoms with van der Waals surface area (Å²) in [6.07, 6.45) is 2.44. The van der Waals surface area contributed by atoms with Gasteiger partial charge >= 0.3 is 0 Å². The Morgan fingerprint density at radius 1 is 1.86 bits per heavy atom. The van der Waals surface area contributed by atoms with Crippen molar-refractivity contribution in [3.8, 4) is 0 Å².